The van der Waals surface area contributed by atoms with Crippen LogP contribution in [0.15, 0.2) is 91.0 Å². The quantitative estimate of drug-likeness (QED) is 0.511. The summed E-state index contributed by atoms with van der Waals surface area (Å²) < 4.78 is 5.71. The molecule has 0 saturated heterocycles. The summed E-state index contributed by atoms with van der Waals surface area (Å²) in [4.78, 5) is 12.0. The molecule has 24 heavy (non-hydrogen) atoms. The van der Waals surface area contributed by atoms with E-state index in [0.29, 0.717) is 0 Å². The topological polar surface area (TPSA) is 26.3 Å². The van der Waals surface area contributed by atoms with Crippen molar-refractivity contribution in [3.8, 4) is 0 Å². The van der Waals surface area contributed by atoms with Gasteiger partial charge in [0.2, 0.25) is 5.85 Å². The molecule has 3 aromatic carbocycles. The van der Waals surface area contributed by atoms with Crippen molar-refractivity contribution in [2.45, 2.75) is 5.85 Å². The SMILES string of the molecule is COC(C=O)[P+](c1ccccc1)(c1ccccc1)c1ccccc1. The molecule has 0 bridgehead atoms. The smallest absolute Gasteiger partial charge is 0.236 e. The van der Waals surface area contributed by atoms with Crippen molar-refractivity contribution >= 4 is 29.5 Å². The van der Waals surface area contributed by atoms with Crippen molar-refractivity contribution < 1.29 is 9.53 Å². The van der Waals surface area contributed by atoms with Gasteiger partial charge in [0.05, 0.1) is 0 Å². The maximum atomic E-state index is 12.0. The predicted octanol–water partition coefficient (Wildman–Crippen LogP) is 3.15. The van der Waals surface area contributed by atoms with Gasteiger partial charge in [0.15, 0.2) is 6.29 Å². The fourth-order valence-corrected chi connectivity index (χ4v) is 7.38. The number of aldehydes is 1. The largest absolute Gasteiger partial charge is 0.340 e. The van der Waals surface area contributed by atoms with Gasteiger partial charge in [-0.2, -0.15) is 0 Å². The first-order valence-electron chi connectivity index (χ1n) is 7.87. The van der Waals surface area contributed by atoms with Crippen LogP contribution < -0.4 is 15.9 Å². The van der Waals surface area contributed by atoms with E-state index in [4.69, 9.17) is 4.74 Å². The highest BCUT2D eigenvalue weighted by Crippen LogP contribution is 2.59. The molecule has 0 aromatic heterocycles. The Bertz CT molecular complexity index is 676. The van der Waals surface area contributed by atoms with Crippen LogP contribution in [0.25, 0.3) is 0 Å². The Morgan fingerprint density at radius 3 is 1.29 bits per heavy atom. The number of rotatable bonds is 6. The van der Waals surface area contributed by atoms with Crippen LogP contribution in [0.5, 0.6) is 0 Å². The van der Waals surface area contributed by atoms with E-state index >= 15 is 0 Å². The van der Waals surface area contributed by atoms with Crippen LogP contribution in [-0.4, -0.2) is 19.2 Å². The molecule has 1 atom stereocenters. The molecule has 0 aliphatic rings. The molecule has 3 rings (SSSR count). The molecule has 0 heterocycles. The van der Waals surface area contributed by atoms with Crippen molar-refractivity contribution in [1.82, 2.24) is 0 Å². The van der Waals surface area contributed by atoms with Crippen molar-refractivity contribution in [3.63, 3.8) is 0 Å². The molecule has 0 fully saturated rings. The van der Waals surface area contributed by atoms with E-state index in [1.54, 1.807) is 7.11 Å². The van der Waals surface area contributed by atoms with Crippen LogP contribution in [0, 0.1) is 0 Å². The zero-order valence-corrected chi connectivity index (χ0v) is 14.5. The minimum Gasteiger partial charge on any atom is -0.340 e. The van der Waals surface area contributed by atoms with Gasteiger partial charge in [-0.15, -0.1) is 0 Å². The average Bonchev–Trinajstić information content (AvgIpc) is 2.68. The number of benzene rings is 3. The van der Waals surface area contributed by atoms with Gasteiger partial charge in [-0.25, -0.2) is 0 Å². The molecule has 0 spiro atoms. The normalized spacial score (nSPS) is 12.5. The molecular formula is C21H20O2P+. The third kappa shape index (κ3) is 2.80. The zero-order chi connectivity index (χ0) is 16.8. The van der Waals surface area contributed by atoms with Crippen LogP contribution in [0.3, 0.4) is 0 Å². The molecule has 120 valence electrons. The summed E-state index contributed by atoms with van der Waals surface area (Å²) in [6, 6.07) is 30.7. The summed E-state index contributed by atoms with van der Waals surface area (Å²) in [7, 11) is -0.640. The summed E-state index contributed by atoms with van der Waals surface area (Å²) >= 11 is 0. The van der Waals surface area contributed by atoms with Gasteiger partial charge in [0.25, 0.3) is 0 Å². The lowest BCUT2D eigenvalue weighted by molar-refractivity contribution is -0.112. The number of ether oxygens (including phenoxy) is 1. The number of hydrogen-bond donors (Lipinski definition) is 0. The predicted molar refractivity (Wildman–Crippen MR) is 102 cm³/mol. The van der Waals surface area contributed by atoms with Gasteiger partial charge in [-0.05, 0) is 36.4 Å². The molecule has 2 nitrogen and oxygen atoms in total. The lowest BCUT2D eigenvalue weighted by atomic mass is 10.4. The third-order valence-corrected chi connectivity index (χ3v) is 8.66. The zero-order valence-electron chi connectivity index (χ0n) is 13.6. The van der Waals surface area contributed by atoms with E-state index in [1.807, 2.05) is 54.6 Å². The van der Waals surface area contributed by atoms with Gasteiger partial charge >= 0.3 is 0 Å². The molecule has 3 aromatic rings. The minimum atomic E-state index is -2.25. The Balaban J connectivity index is 2.39. The second-order valence-electron chi connectivity index (χ2n) is 5.49. The van der Waals surface area contributed by atoms with Crippen molar-refractivity contribution in [3.05, 3.63) is 91.0 Å². The Hall–Kier alpha value is -2.28. The maximum Gasteiger partial charge on any atom is 0.236 e. The second-order valence-corrected chi connectivity index (χ2v) is 9.00. The fourth-order valence-electron chi connectivity index (χ4n) is 3.18. The number of hydrogen-bond acceptors (Lipinski definition) is 2. The Morgan fingerprint density at radius 1 is 0.708 bits per heavy atom. The molecule has 0 aliphatic heterocycles. The molecule has 0 saturated carbocycles. The Kier molecular flexibility index (Phi) is 5.20. The number of methoxy groups -OCH3 is 1. The van der Waals surface area contributed by atoms with E-state index < -0.39 is 13.1 Å². The van der Waals surface area contributed by atoms with Crippen LogP contribution in [0.2, 0.25) is 0 Å². The lowest BCUT2D eigenvalue weighted by Gasteiger charge is -2.30. The highest BCUT2D eigenvalue weighted by atomic mass is 31.2. The molecule has 1 unspecified atom stereocenters. The van der Waals surface area contributed by atoms with Crippen LogP contribution >= 0.6 is 7.26 Å². The van der Waals surface area contributed by atoms with Crippen LogP contribution in [0.4, 0.5) is 0 Å². The van der Waals surface area contributed by atoms with Crippen LogP contribution in [-0.2, 0) is 9.53 Å². The van der Waals surface area contributed by atoms with Crippen molar-refractivity contribution in [2.24, 2.45) is 0 Å². The third-order valence-electron chi connectivity index (χ3n) is 4.23. The van der Waals surface area contributed by atoms with E-state index in [-0.39, 0.29) is 0 Å². The summed E-state index contributed by atoms with van der Waals surface area (Å²) in [6.07, 6.45) is 0.945. The first kappa shape index (κ1) is 16.6. The molecule has 0 amide bonds. The first-order valence-corrected chi connectivity index (χ1v) is 9.73. The molecule has 3 heteroatoms. The Labute approximate surface area is 143 Å². The summed E-state index contributed by atoms with van der Waals surface area (Å²) in [5.41, 5.74) is 0. The molecular weight excluding hydrogens is 315 g/mol. The number of carbonyl (C=O) groups is 1. The monoisotopic (exact) mass is 335 g/mol. The van der Waals surface area contributed by atoms with E-state index in [0.717, 1.165) is 22.2 Å². The van der Waals surface area contributed by atoms with E-state index in [1.165, 1.54) is 0 Å². The van der Waals surface area contributed by atoms with Gasteiger partial charge < -0.3 is 4.74 Å². The first-order chi connectivity index (χ1) is 11.8. The maximum absolute atomic E-state index is 12.0. The standard InChI is InChI=1S/C21H20O2P/c1-23-21(17-22)24(18-11-5-2-6-12-18,19-13-7-3-8-14-19)20-15-9-4-10-16-20/h2-17,21H,1H3/q+1. The lowest BCUT2D eigenvalue weighted by Crippen LogP contribution is -2.40. The van der Waals surface area contributed by atoms with Gasteiger partial charge in [0.1, 0.15) is 23.2 Å². The van der Waals surface area contributed by atoms with Crippen LogP contribution in [0.1, 0.15) is 0 Å². The van der Waals surface area contributed by atoms with Gasteiger partial charge in [-0.3, -0.25) is 4.79 Å². The second kappa shape index (κ2) is 7.53. The average molecular weight is 335 g/mol. The summed E-state index contributed by atoms with van der Waals surface area (Å²) in [5.74, 6) is -0.523. The highest BCUT2D eigenvalue weighted by Gasteiger charge is 2.53. The van der Waals surface area contributed by atoms with Crippen molar-refractivity contribution in [1.29, 1.82) is 0 Å². The molecule has 0 radical (unpaired) electrons. The highest BCUT2D eigenvalue weighted by molar-refractivity contribution is 7.96. The van der Waals surface area contributed by atoms with Gasteiger partial charge in [-0.1, -0.05) is 54.6 Å². The fraction of sp³-hybridized carbons (Fsp3) is 0.0952. The molecule has 0 N–H and O–H groups in total. The van der Waals surface area contributed by atoms with E-state index in [9.17, 15) is 4.79 Å². The Morgan fingerprint density at radius 2 is 1.04 bits per heavy atom. The molecule has 0 aliphatic carbocycles. The summed E-state index contributed by atoms with van der Waals surface area (Å²) in [5, 5.41) is 3.42. The minimum absolute atomic E-state index is 0.523. The number of carbonyl (C=O) groups excluding carboxylic acids is 1. The summed E-state index contributed by atoms with van der Waals surface area (Å²) in [6.45, 7) is 0. The van der Waals surface area contributed by atoms with Gasteiger partial charge in [0, 0.05) is 7.11 Å². The van der Waals surface area contributed by atoms with E-state index in [2.05, 4.69) is 36.4 Å². The van der Waals surface area contributed by atoms with Crippen molar-refractivity contribution in [2.75, 3.05) is 7.11 Å².